The van der Waals surface area contributed by atoms with E-state index in [0.29, 0.717) is 24.3 Å². The van der Waals surface area contributed by atoms with E-state index in [9.17, 15) is 13.2 Å². The molecule has 0 unspecified atom stereocenters. The number of para-hydroxylation sites is 1. The Hall–Kier alpha value is -2.34. The molecule has 26 heavy (non-hydrogen) atoms. The standard InChI is InChI=1S/C20H26N2O3S/c1-4-6-15-22(5-2)20(23)17-11-13-18(14-12-17)26(24,25)21-19-10-8-7-9-16(19)3/h7-14,21H,4-6,15H2,1-3H3. The number of unbranched alkanes of at least 4 members (excludes halogenated alkanes) is 1. The molecule has 0 aromatic heterocycles. The molecule has 0 radical (unpaired) electrons. The minimum Gasteiger partial charge on any atom is -0.339 e. The molecule has 6 heteroatoms. The van der Waals surface area contributed by atoms with Gasteiger partial charge in [-0.15, -0.1) is 0 Å². The summed E-state index contributed by atoms with van der Waals surface area (Å²) < 4.78 is 27.7. The molecule has 0 aliphatic rings. The molecule has 0 atom stereocenters. The Morgan fingerprint density at radius 2 is 1.69 bits per heavy atom. The zero-order valence-corrected chi connectivity index (χ0v) is 16.3. The molecule has 5 nitrogen and oxygen atoms in total. The average Bonchev–Trinajstić information content (AvgIpc) is 2.64. The molecule has 0 aliphatic heterocycles. The van der Waals surface area contributed by atoms with Crippen molar-refractivity contribution in [2.24, 2.45) is 0 Å². The Kier molecular flexibility index (Phi) is 6.80. The first kappa shape index (κ1) is 20.0. The van der Waals surface area contributed by atoms with Gasteiger partial charge in [0.05, 0.1) is 10.6 Å². The lowest BCUT2D eigenvalue weighted by atomic mass is 10.2. The van der Waals surface area contributed by atoms with Gasteiger partial charge in [-0.2, -0.15) is 0 Å². The van der Waals surface area contributed by atoms with Crippen molar-refractivity contribution >= 4 is 21.6 Å². The highest BCUT2D eigenvalue weighted by Gasteiger charge is 2.18. The normalized spacial score (nSPS) is 11.2. The van der Waals surface area contributed by atoms with Crippen LogP contribution in [0.5, 0.6) is 0 Å². The van der Waals surface area contributed by atoms with E-state index in [2.05, 4.69) is 11.6 Å². The highest BCUT2D eigenvalue weighted by molar-refractivity contribution is 7.92. The number of rotatable bonds is 8. The van der Waals surface area contributed by atoms with Crippen LogP contribution in [-0.2, 0) is 10.0 Å². The van der Waals surface area contributed by atoms with Gasteiger partial charge < -0.3 is 4.90 Å². The van der Waals surface area contributed by atoms with Gasteiger partial charge in [0.2, 0.25) is 0 Å². The van der Waals surface area contributed by atoms with E-state index < -0.39 is 10.0 Å². The molecule has 0 heterocycles. The smallest absolute Gasteiger partial charge is 0.261 e. The first-order valence-corrected chi connectivity index (χ1v) is 10.3. The Bertz CT molecular complexity index is 846. The van der Waals surface area contributed by atoms with E-state index in [-0.39, 0.29) is 10.8 Å². The first-order chi connectivity index (χ1) is 12.4. The molecule has 1 N–H and O–H groups in total. The number of nitrogens with zero attached hydrogens (tertiary/aromatic N) is 1. The number of nitrogens with one attached hydrogen (secondary N) is 1. The molecule has 0 saturated carbocycles. The van der Waals surface area contributed by atoms with Crippen LogP contribution in [0.15, 0.2) is 53.4 Å². The average molecular weight is 375 g/mol. The second kappa shape index (κ2) is 8.85. The van der Waals surface area contributed by atoms with Crippen molar-refractivity contribution in [1.29, 1.82) is 0 Å². The van der Waals surface area contributed by atoms with Crippen LogP contribution >= 0.6 is 0 Å². The fourth-order valence-corrected chi connectivity index (χ4v) is 3.73. The van der Waals surface area contributed by atoms with Crippen LogP contribution in [0.2, 0.25) is 0 Å². The second-order valence-electron chi connectivity index (χ2n) is 6.18. The van der Waals surface area contributed by atoms with Crippen LogP contribution in [0.25, 0.3) is 0 Å². The lowest BCUT2D eigenvalue weighted by molar-refractivity contribution is 0.0762. The number of hydrogen-bond acceptors (Lipinski definition) is 3. The summed E-state index contributed by atoms with van der Waals surface area (Å²) in [5.41, 5.74) is 1.89. The number of anilines is 1. The summed E-state index contributed by atoms with van der Waals surface area (Å²) >= 11 is 0. The Balaban J connectivity index is 2.17. The van der Waals surface area contributed by atoms with Crippen molar-refractivity contribution in [3.8, 4) is 0 Å². The predicted octanol–water partition coefficient (Wildman–Crippen LogP) is 4.06. The number of carbonyl (C=O) groups excluding carboxylic acids is 1. The van der Waals surface area contributed by atoms with Gasteiger partial charge in [-0.3, -0.25) is 9.52 Å². The monoisotopic (exact) mass is 374 g/mol. The van der Waals surface area contributed by atoms with Gasteiger partial charge in [0, 0.05) is 18.7 Å². The van der Waals surface area contributed by atoms with Crippen molar-refractivity contribution in [2.45, 2.75) is 38.5 Å². The van der Waals surface area contributed by atoms with Gasteiger partial charge >= 0.3 is 0 Å². The lowest BCUT2D eigenvalue weighted by Gasteiger charge is -2.20. The van der Waals surface area contributed by atoms with Crippen LogP contribution in [0.3, 0.4) is 0 Å². The molecule has 2 rings (SSSR count). The summed E-state index contributed by atoms with van der Waals surface area (Å²) in [5.74, 6) is -0.0724. The SMILES string of the molecule is CCCCN(CC)C(=O)c1ccc(S(=O)(=O)Nc2ccccc2C)cc1. The van der Waals surface area contributed by atoms with Crippen LogP contribution in [-0.4, -0.2) is 32.3 Å². The highest BCUT2D eigenvalue weighted by Crippen LogP contribution is 2.20. The van der Waals surface area contributed by atoms with E-state index in [0.717, 1.165) is 18.4 Å². The Morgan fingerprint density at radius 3 is 2.27 bits per heavy atom. The van der Waals surface area contributed by atoms with Gasteiger partial charge in [-0.25, -0.2) is 8.42 Å². The molecule has 0 spiro atoms. The van der Waals surface area contributed by atoms with Crippen LogP contribution in [0.4, 0.5) is 5.69 Å². The number of amides is 1. The minimum absolute atomic E-state index is 0.0724. The van der Waals surface area contributed by atoms with E-state index in [1.54, 1.807) is 29.2 Å². The second-order valence-corrected chi connectivity index (χ2v) is 7.87. The van der Waals surface area contributed by atoms with E-state index in [1.165, 1.54) is 12.1 Å². The number of benzene rings is 2. The van der Waals surface area contributed by atoms with E-state index >= 15 is 0 Å². The first-order valence-electron chi connectivity index (χ1n) is 8.86. The van der Waals surface area contributed by atoms with Crippen molar-refractivity contribution in [3.63, 3.8) is 0 Å². The minimum atomic E-state index is -3.69. The van der Waals surface area contributed by atoms with Crippen molar-refractivity contribution in [2.75, 3.05) is 17.8 Å². The van der Waals surface area contributed by atoms with Crippen LogP contribution < -0.4 is 4.72 Å². The molecule has 0 aliphatic carbocycles. The summed E-state index contributed by atoms with van der Waals surface area (Å²) in [4.78, 5) is 14.4. The maximum atomic E-state index is 12.6. The molecular formula is C20H26N2O3S. The van der Waals surface area contributed by atoms with Gasteiger partial charge in [0.25, 0.3) is 15.9 Å². The molecule has 0 fully saturated rings. The number of sulfonamides is 1. The van der Waals surface area contributed by atoms with Crippen LogP contribution in [0, 0.1) is 6.92 Å². The van der Waals surface area contributed by atoms with E-state index in [4.69, 9.17) is 0 Å². The summed E-state index contributed by atoms with van der Waals surface area (Å²) in [6.07, 6.45) is 1.97. The van der Waals surface area contributed by atoms with Gasteiger partial charge in [0.15, 0.2) is 0 Å². The number of hydrogen-bond donors (Lipinski definition) is 1. The van der Waals surface area contributed by atoms with Gasteiger partial charge in [-0.1, -0.05) is 31.5 Å². The maximum absolute atomic E-state index is 12.6. The summed E-state index contributed by atoms with van der Waals surface area (Å²) in [6, 6.07) is 13.3. The maximum Gasteiger partial charge on any atom is 0.261 e. The fourth-order valence-electron chi connectivity index (χ4n) is 2.60. The number of carbonyl (C=O) groups is 1. The topological polar surface area (TPSA) is 66.5 Å². The third-order valence-corrected chi connectivity index (χ3v) is 5.63. The molecule has 1 amide bonds. The summed E-state index contributed by atoms with van der Waals surface area (Å²) in [5, 5.41) is 0. The summed E-state index contributed by atoms with van der Waals surface area (Å²) in [7, 11) is -3.69. The molecule has 2 aromatic rings. The van der Waals surface area contributed by atoms with Crippen molar-refractivity contribution in [3.05, 3.63) is 59.7 Å². The molecular weight excluding hydrogens is 348 g/mol. The Morgan fingerprint density at radius 1 is 1.04 bits per heavy atom. The summed E-state index contributed by atoms with van der Waals surface area (Å²) in [6.45, 7) is 7.21. The van der Waals surface area contributed by atoms with Crippen molar-refractivity contribution in [1.82, 2.24) is 4.90 Å². The zero-order valence-electron chi connectivity index (χ0n) is 15.5. The number of aryl methyl sites for hydroxylation is 1. The predicted molar refractivity (Wildman–Crippen MR) is 105 cm³/mol. The highest BCUT2D eigenvalue weighted by atomic mass is 32.2. The molecule has 2 aromatic carbocycles. The third-order valence-electron chi connectivity index (χ3n) is 4.25. The van der Waals surface area contributed by atoms with Gasteiger partial charge in [0.1, 0.15) is 0 Å². The molecule has 140 valence electrons. The largest absolute Gasteiger partial charge is 0.339 e. The molecule has 0 bridgehead atoms. The van der Waals surface area contributed by atoms with E-state index in [1.807, 2.05) is 26.0 Å². The lowest BCUT2D eigenvalue weighted by Crippen LogP contribution is -2.31. The quantitative estimate of drug-likeness (QED) is 0.758. The van der Waals surface area contributed by atoms with Crippen LogP contribution in [0.1, 0.15) is 42.6 Å². The third kappa shape index (κ3) is 4.85. The van der Waals surface area contributed by atoms with Crippen molar-refractivity contribution < 1.29 is 13.2 Å². The zero-order chi connectivity index (χ0) is 19.2. The van der Waals surface area contributed by atoms with Gasteiger partial charge in [-0.05, 0) is 56.2 Å². The Labute approximate surface area is 156 Å². The fraction of sp³-hybridized carbons (Fsp3) is 0.350. The molecule has 0 saturated heterocycles.